The number of hydrogen-bond donors (Lipinski definition) is 0. The van der Waals surface area contributed by atoms with Crippen LogP contribution in [0.25, 0.3) is 0 Å². The third kappa shape index (κ3) is 4.56. The van der Waals surface area contributed by atoms with E-state index in [1.165, 1.54) is 5.56 Å². The number of aryl methyl sites for hydroxylation is 1. The molecule has 0 aliphatic rings. The number of hydrogen-bond acceptors (Lipinski definition) is 2. The highest BCUT2D eigenvalue weighted by atomic mass is 16.5. The van der Waals surface area contributed by atoms with Crippen molar-refractivity contribution in [3.8, 4) is 11.5 Å². The first kappa shape index (κ1) is 14.8. The molecule has 92 valence electrons. The van der Waals surface area contributed by atoms with E-state index in [1.54, 1.807) is 7.11 Å². The maximum Gasteiger partial charge on any atom is 0.161 e. The van der Waals surface area contributed by atoms with Crippen LogP contribution in [0.2, 0.25) is 0 Å². The molecule has 0 bridgehead atoms. The molecule has 0 N–H and O–H groups in total. The molecule has 0 atom stereocenters. The Kier molecular flexibility index (Phi) is 8.41. The summed E-state index contributed by atoms with van der Waals surface area (Å²) in [5.74, 6) is 1.67. The first-order valence-electron chi connectivity index (χ1n) is 6.11. The Morgan fingerprint density at radius 1 is 1.06 bits per heavy atom. The van der Waals surface area contributed by atoms with E-state index in [4.69, 9.17) is 9.47 Å². The predicted octanol–water partition coefficient (Wildman–Crippen LogP) is 4.07. The molecule has 1 rings (SSSR count). The predicted molar refractivity (Wildman–Crippen MR) is 69.5 cm³/mol. The maximum absolute atomic E-state index is 5.59. The van der Waals surface area contributed by atoms with E-state index in [2.05, 4.69) is 26.0 Å². The minimum Gasteiger partial charge on any atom is -0.493 e. The standard InChI is InChI=1S/C12H18O2.C2H6/c1-4-8-14-12-9-10(5-2)6-7-11(12)13-3;1-2/h6-7,9H,4-5,8H2,1-3H3;1-2H3. The van der Waals surface area contributed by atoms with Gasteiger partial charge in [0.2, 0.25) is 0 Å². The van der Waals surface area contributed by atoms with Gasteiger partial charge in [-0.25, -0.2) is 0 Å². The fourth-order valence-corrected chi connectivity index (χ4v) is 1.27. The van der Waals surface area contributed by atoms with Crippen LogP contribution in [0, 0.1) is 0 Å². The Hall–Kier alpha value is -1.18. The molecule has 0 aliphatic carbocycles. The molecule has 2 heteroatoms. The van der Waals surface area contributed by atoms with Crippen LogP contribution >= 0.6 is 0 Å². The summed E-state index contributed by atoms with van der Waals surface area (Å²) in [5.41, 5.74) is 1.27. The SMILES string of the molecule is CC.CCCOc1cc(CC)ccc1OC. The van der Waals surface area contributed by atoms with E-state index < -0.39 is 0 Å². The van der Waals surface area contributed by atoms with Gasteiger partial charge < -0.3 is 9.47 Å². The molecule has 0 amide bonds. The molecule has 0 heterocycles. The summed E-state index contributed by atoms with van der Waals surface area (Å²) in [6.45, 7) is 8.96. The summed E-state index contributed by atoms with van der Waals surface area (Å²) in [6, 6.07) is 6.08. The number of ether oxygens (including phenoxy) is 2. The zero-order valence-electron chi connectivity index (χ0n) is 11.2. The quantitative estimate of drug-likeness (QED) is 0.750. The van der Waals surface area contributed by atoms with E-state index in [9.17, 15) is 0 Å². The fourth-order valence-electron chi connectivity index (χ4n) is 1.27. The van der Waals surface area contributed by atoms with Crippen molar-refractivity contribution in [2.45, 2.75) is 40.5 Å². The van der Waals surface area contributed by atoms with Crippen molar-refractivity contribution in [3.05, 3.63) is 23.8 Å². The summed E-state index contributed by atoms with van der Waals surface area (Å²) >= 11 is 0. The minimum absolute atomic E-state index is 0.740. The van der Waals surface area contributed by atoms with Gasteiger partial charge in [0.05, 0.1) is 13.7 Å². The number of methoxy groups -OCH3 is 1. The van der Waals surface area contributed by atoms with Gasteiger partial charge in [0, 0.05) is 0 Å². The fraction of sp³-hybridized carbons (Fsp3) is 0.571. The normalized spacial score (nSPS) is 9.06. The van der Waals surface area contributed by atoms with Crippen molar-refractivity contribution in [3.63, 3.8) is 0 Å². The van der Waals surface area contributed by atoms with Crippen molar-refractivity contribution in [1.82, 2.24) is 0 Å². The lowest BCUT2D eigenvalue weighted by Crippen LogP contribution is -1.98. The van der Waals surface area contributed by atoms with Gasteiger partial charge in [0.1, 0.15) is 0 Å². The smallest absolute Gasteiger partial charge is 0.161 e. The first-order valence-corrected chi connectivity index (χ1v) is 6.11. The van der Waals surface area contributed by atoms with Gasteiger partial charge in [-0.1, -0.05) is 33.8 Å². The van der Waals surface area contributed by atoms with E-state index in [0.29, 0.717) is 0 Å². The molecule has 0 saturated carbocycles. The molecular formula is C14H24O2. The van der Waals surface area contributed by atoms with Crippen LogP contribution in [0.5, 0.6) is 11.5 Å². The summed E-state index contributed by atoms with van der Waals surface area (Å²) in [7, 11) is 1.67. The average Bonchev–Trinajstić information content (AvgIpc) is 2.38. The molecule has 0 aromatic heterocycles. The van der Waals surface area contributed by atoms with Crippen molar-refractivity contribution >= 4 is 0 Å². The molecule has 1 aromatic carbocycles. The maximum atomic E-state index is 5.59. The third-order valence-electron chi connectivity index (χ3n) is 2.10. The van der Waals surface area contributed by atoms with E-state index >= 15 is 0 Å². The molecule has 16 heavy (non-hydrogen) atoms. The Labute approximate surface area is 99.6 Å². The van der Waals surface area contributed by atoms with Crippen molar-refractivity contribution in [1.29, 1.82) is 0 Å². The van der Waals surface area contributed by atoms with Crippen LogP contribution in [0.3, 0.4) is 0 Å². The Balaban J connectivity index is 0.00000106. The highest BCUT2D eigenvalue weighted by Gasteiger charge is 2.04. The van der Waals surface area contributed by atoms with E-state index in [-0.39, 0.29) is 0 Å². The zero-order valence-corrected chi connectivity index (χ0v) is 11.2. The van der Waals surface area contributed by atoms with Crippen LogP contribution < -0.4 is 9.47 Å². The number of rotatable bonds is 5. The highest BCUT2D eigenvalue weighted by Crippen LogP contribution is 2.28. The van der Waals surface area contributed by atoms with Crippen LogP contribution in [0.15, 0.2) is 18.2 Å². The Bertz CT molecular complexity index is 282. The number of benzene rings is 1. The van der Waals surface area contributed by atoms with Gasteiger partial charge in [-0.15, -0.1) is 0 Å². The molecule has 0 aliphatic heterocycles. The molecule has 0 unspecified atom stereocenters. The molecule has 0 spiro atoms. The lowest BCUT2D eigenvalue weighted by atomic mass is 10.1. The molecule has 0 radical (unpaired) electrons. The van der Waals surface area contributed by atoms with Crippen molar-refractivity contribution < 1.29 is 9.47 Å². The summed E-state index contributed by atoms with van der Waals surface area (Å²) < 4.78 is 10.8. The molecule has 2 nitrogen and oxygen atoms in total. The average molecular weight is 224 g/mol. The summed E-state index contributed by atoms with van der Waals surface area (Å²) in [6.07, 6.45) is 2.03. The third-order valence-corrected chi connectivity index (χ3v) is 2.10. The van der Waals surface area contributed by atoms with Crippen molar-refractivity contribution in [2.75, 3.05) is 13.7 Å². The minimum atomic E-state index is 0.740. The largest absolute Gasteiger partial charge is 0.493 e. The molecule has 0 saturated heterocycles. The Morgan fingerprint density at radius 3 is 2.25 bits per heavy atom. The molecule has 0 fully saturated rings. The van der Waals surface area contributed by atoms with Gasteiger partial charge in [0.15, 0.2) is 11.5 Å². The van der Waals surface area contributed by atoms with Gasteiger partial charge in [0.25, 0.3) is 0 Å². The second kappa shape index (κ2) is 9.08. The van der Waals surface area contributed by atoms with Crippen LogP contribution in [0.1, 0.15) is 39.7 Å². The van der Waals surface area contributed by atoms with Crippen LogP contribution in [-0.2, 0) is 6.42 Å². The van der Waals surface area contributed by atoms with Gasteiger partial charge in [-0.05, 0) is 30.5 Å². The van der Waals surface area contributed by atoms with Gasteiger partial charge in [-0.3, -0.25) is 0 Å². The lowest BCUT2D eigenvalue weighted by molar-refractivity contribution is 0.294. The topological polar surface area (TPSA) is 18.5 Å². The van der Waals surface area contributed by atoms with Gasteiger partial charge >= 0.3 is 0 Å². The van der Waals surface area contributed by atoms with Crippen LogP contribution in [-0.4, -0.2) is 13.7 Å². The first-order chi connectivity index (χ1) is 7.81. The second-order valence-electron chi connectivity index (χ2n) is 3.19. The zero-order chi connectivity index (χ0) is 12.4. The van der Waals surface area contributed by atoms with Crippen LogP contribution in [0.4, 0.5) is 0 Å². The lowest BCUT2D eigenvalue weighted by Gasteiger charge is -2.10. The molecular weight excluding hydrogens is 200 g/mol. The van der Waals surface area contributed by atoms with Gasteiger partial charge in [-0.2, -0.15) is 0 Å². The molecule has 1 aromatic rings. The summed E-state index contributed by atoms with van der Waals surface area (Å²) in [5, 5.41) is 0. The van der Waals surface area contributed by atoms with E-state index in [1.807, 2.05) is 19.9 Å². The summed E-state index contributed by atoms with van der Waals surface area (Å²) in [4.78, 5) is 0. The monoisotopic (exact) mass is 224 g/mol. The second-order valence-corrected chi connectivity index (χ2v) is 3.19. The Morgan fingerprint density at radius 2 is 1.75 bits per heavy atom. The van der Waals surface area contributed by atoms with Crippen molar-refractivity contribution in [2.24, 2.45) is 0 Å². The van der Waals surface area contributed by atoms with E-state index in [0.717, 1.165) is 30.9 Å². The highest BCUT2D eigenvalue weighted by molar-refractivity contribution is 5.42.